The van der Waals surface area contributed by atoms with E-state index in [1.54, 1.807) is 0 Å². The lowest BCUT2D eigenvalue weighted by Crippen LogP contribution is -2.42. The Morgan fingerprint density at radius 3 is 2.79 bits per heavy atom. The van der Waals surface area contributed by atoms with Crippen LogP contribution in [0.5, 0.6) is 11.5 Å². The van der Waals surface area contributed by atoms with Crippen molar-refractivity contribution >= 4 is 12.4 Å². The SMILES string of the molecule is CC(C)(C)NCC(O)COc1ccc2c(c1)C1CCCCC1O2.Cl. The van der Waals surface area contributed by atoms with E-state index in [-0.39, 0.29) is 17.9 Å². The Hall–Kier alpha value is -0.970. The smallest absolute Gasteiger partial charge is 0.123 e. The monoisotopic (exact) mass is 355 g/mol. The van der Waals surface area contributed by atoms with Crippen LogP contribution in [0.25, 0.3) is 0 Å². The van der Waals surface area contributed by atoms with Crippen LogP contribution in [0.4, 0.5) is 0 Å². The van der Waals surface area contributed by atoms with Crippen molar-refractivity contribution in [1.82, 2.24) is 5.32 Å². The Kier molecular flexibility index (Phi) is 6.40. The molecular formula is C19H30ClNO3. The summed E-state index contributed by atoms with van der Waals surface area (Å²) in [4.78, 5) is 0. The molecule has 0 bridgehead atoms. The molecule has 0 radical (unpaired) electrons. The van der Waals surface area contributed by atoms with Gasteiger partial charge in [-0.2, -0.15) is 0 Å². The summed E-state index contributed by atoms with van der Waals surface area (Å²) >= 11 is 0. The maximum atomic E-state index is 10.0. The fraction of sp³-hybridized carbons (Fsp3) is 0.684. The topological polar surface area (TPSA) is 50.7 Å². The molecule has 5 heteroatoms. The molecule has 0 aromatic heterocycles. The maximum Gasteiger partial charge on any atom is 0.123 e. The van der Waals surface area contributed by atoms with Gasteiger partial charge in [-0.05, 0) is 58.2 Å². The summed E-state index contributed by atoms with van der Waals surface area (Å²) in [5.41, 5.74) is 1.29. The average molecular weight is 356 g/mol. The molecular weight excluding hydrogens is 326 g/mol. The van der Waals surface area contributed by atoms with Gasteiger partial charge in [0, 0.05) is 23.6 Å². The van der Waals surface area contributed by atoms with Gasteiger partial charge in [-0.25, -0.2) is 0 Å². The molecule has 0 spiro atoms. The van der Waals surface area contributed by atoms with E-state index in [9.17, 15) is 5.11 Å². The van der Waals surface area contributed by atoms with Crippen molar-refractivity contribution in [1.29, 1.82) is 0 Å². The first-order valence-electron chi connectivity index (χ1n) is 8.79. The molecule has 1 aromatic rings. The van der Waals surface area contributed by atoms with Crippen LogP contribution in [0, 0.1) is 0 Å². The minimum absolute atomic E-state index is 0. The van der Waals surface area contributed by atoms with E-state index in [1.165, 1.54) is 24.8 Å². The van der Waals surface area contributed by atoms with Gasteiger partial charge in [0.1, 0.15) is 30.3 Å². The van der Waals surface area contributed by atoms with Crippen molar-refractivity contribution in [2.24, 2.45) is 0 Å². The number of aliphatic hydroxyl groups excluding tert-OH is 1. The maximum absolute atomic E-state index is 10.0. The van der Waals surface area contributed by atoms with Gasteiger partial charge in [0.2, 0.25) is 0 Å². The first kappa shape index (κ1) is 19.4. The molecule has 3 unspecified atom stereocenters. The second kappa shape index (κ2) is 7.94. The number of halogens is 1. The van der Waals surface area contributed by atoms with Gasteiger partial charge < -0.3 is 19.9 Å². The van der Waals surface area contributed by atoms with Crippen LogP contribution < -0.4 is 14.8 Å². The standard InChI is InChI=1S/C19H29NO3.ClH/c1-19(2,3)20-11-13(21)12-22-14-8-9-18-16(10-14)15-6-4-5-7-17(15)23-18;/h8-10,13,15,17,20-21H,4-7,11-12H2,1-3H3;1H. The molecule has 1 fully saturated rings. The molecule has 3 rings (SSSR count). The van der Waals surface area contributed by atoms with Crippen molar-refractivity contribution in [3.8, 4) is 11.5 Å². The molecule has 1 saturated carbocycles. The van der Waals surface area contributed by atoms with E-state index in [4.69, 9.17) is 9.47 Å². The number of aliphatic hydroxyl groups is 1. The van der Waals surface area contributed by atoms with Gasteiger partial charge in [0.05, 0.1) is 0 Å². The Labute approximate surface area is 151 Å². The summed E-state index contributed by atoms with van der Waals surface area (Å²) in [6.45, 7) is 7.09. The Balaban J connectivity index is 0.00000208. The highest BCUT2D eigenvalue weighted by Gasteiger charge is 2.36. The average Bonchev–Trinajstić information content (AvgIpc) is 2.88. The van der Waals surface area contributed by atoms with Gasteiger partial charge in [-0.1, -0.05) is 6.42 Å². The van der Waals surface area contributed by atoms with Crippen molar-refractivity contribution in [2.75, 3.05) is 13.2 Å². The van der Waals surface area contributed by atoms with Gasteiger partial charge >= 0.3 is 0 Å². The lowest BCUT2D eigenvalue weighted by atomic mass is 9.83. The molecule has 3 atom stereocenters. The summed E-state index contributed by atoms with van der Waals surface area (Å²) in [5.74, 6) is 2.37. The van der Waals surface area contributed by atoms with Crippen LogP contribution in [0.1, 0.15) is 57.9 Å². The highest BCUT2D eigenvalue weighted by molar-refractivity contribution is 5.85. The first-order chi connectivity index (χ1) is 10.9. The van der Waals surface area contributed by atoms with Gasteiger partial charge in [0.25, 0.3) is 0 Å². The molecule has 2 N–H and O–H groups in total. The van der Waals surface area contributed by atoms with Crippen LogP contribution >= 0.6 is 12.4 Å². The third-order valence-electron chi connectivity index (χ3n) is 4.67. The predicted octanol–water partition coefficient (Wildman–Crippen LogP) is 3.65. The Morgan fingerprint density at radius 1 is 1.29 bits per heavy atom. The summed E-state index contributed by atoms with van der Waals surface area (Å²) in [5, 5.41) is 13.3. The van der Waals surface area contributed by atoms with Crippen LogP contribution in [-0.4, -0.2) is 36.0 Å². The molecule has 4 nitrogen and oxygen atoms in total. The molecule has 0 amide bonds. The number of hydrogen-bond donors (Lipinski definition) is 2. The lowest BCUT2D eigenvalue weighted by molar-refractivity contribution is 0.1000. The molecule has 2 aliphatic rings. The Morgan fingerprint density at radius 2 is 2.04 bits per heavy atom. The number of nitrogens with one attached hydrogen (secondary N) is 1. The third kappa shape index (κ3) is 4.78. The van der Waals surface area contributed by atoms with Crippen LogP contribution in [0.15, 0.2) is 18.2 Å². The summed E-state index contributed by atoms with van der Waals surface area (Å²) in [7, 11) is 0. The van der Waals surface area contributed by atoms with Crippen molar-refractivity contribution < 1.29 is 14.6 Å². The van der Waals surface area contributed by atoms with E-state index in [1.807, 2.05) is 12.1 Å². The molecule has 24 heavy (non-hydrogen) atoms. The predicted molar refractivity (Wildman–Crippen MR) is 98.6 cm³/mol. The number of β-amino-alcohol motifs (C(OH)–C–C–N with tert-alkyl or cyclic N) is 1. The van der Waals surface area contributed by atoms with Crippen molar-refractivity contribution in [3.63, 3.8) is 0 Å². The lowest BCUT2D eigenvalue weighted by Gasteiger charge is -2.24. The number of rotatable bonds is 5. The van der Waals surface area contributed by atoms with Gasteiger partial charge in [-0.3, -0.25) is 0 Å². The summed E-state index contributed by atoms with van der Waals surface area (Å²) in [6, 6.07) is 6.07. The number of fused-ring (bicyclic) bond motifs is 3. The van der Waals surface area contributed by atoms with E-state index in [0.717, 1.165) is 17.9 Å². The minimum Gasteiger partial charge on any atom is -0.491 e. The number of ether oxygens (including phenoxy) is 2. The number of benzene rings is 1. The molecule has 0 saturated heterocycles. The zero-order chi connectivity index (χ0) is 16.4. The highest BCUT2D eigenvalue weighted by atomic mass is 35.5. The highest BCUT2D eigenvalue weighted by Crippen LogP contribution is 2.46. The van der Waals surface area contributed by atoms with Crippen molar-refractivity contribution in [3.05, 3.63) is 23.8 Å². The fourth-order valence-corrected chi connectivity index (χ4v) is 3.45. The van der Waals surface area contributed by atoms with E-state index in [0.29, 0.717) is 25.2 Å². The van der Waals surface area contributed by atoms with Crippen LogP contribution in [0.2, 0.25) is 0 Å². The second-order valence-electron chi connectivity index (χ2n) is 7.84. The van der Waals surface area contributed by atoms with Gasteiger partial charge in [-0.15, -0.1) is 12.4 Å². The molecule has 1 aromatic carbocycles. The summed E-state index contributed by atoms with van der Waals surface area (Å²) < 4.78 is 11.8. The van der Waals surface area contributed by atoms with Gasteiger partial charge in [0.15, 0.2) is 0 Å². The largest absolute Gasteiger partial charge is 0.491 e. The zero-order valence-corrected chi connectivity index (χ0v) is 15.7. The zero-order valence-electron chi connectivity index (χ0n) is 14.9. The summed E-state index contributed by atoms with van der Waals surface area (Å²) in [6.07, 6.45) is 4.76. The molecule has 1 aliphatic heterocycles. The second-order valence-corrected chi connectivity index (χ2v) is 7.84. The van der Waals surface area contributed by atoms with E-state index >= 15 is 0 Å². The van der Waals surface area contributed by atoms with Crippen LogP contribution in [-0.2, 0) is 0 Å². The first-order valence-corrected chi connectivity index (χ1v) is 8.79. The Bertz CT molecular complexity index is 544. The van der Waals surface area contributed by atoms with Crippen molar-refractivity contribution in [2.45, 2.75) is 70.1 Å². The fourth-order valence-electron chi connectivity index (χ4n) is 3.45. The van der Waals surface area contributed by atoms with Crippen LogP contribution in [0.3, 0.4) is 0 Å². The number of hydrogen-bond acceptors (Lipinski definition) is 4. The van der Waals surface area contributed by atoms with E-state index < -0.39 is 6.10 Å². The minimum atomic E-state index is -0.513. The molecule has 1 heterocycles. The molecule has 136 valence electrons. The normalized spacial score (nSPS) is 23.5. The quantitative estimate of drug-likeness (QED) is 0.846. The molecule has 1 aliphatic carbocycles. The third-order valence-corrected chi connectivity index (χ3v) is 4.67. The van der Waals surface area contributed by atoms with E-state index in [2.05, 4.69) is 32.2 Å².